The lowest BCUT2D eigenvalue weighted by Crippen LogP contribution is -2.49. The van der Waals surface area contributed by atoms with Crippen LogP contribution in [0.1, 0.15) is 90.7 Å². The molecule has 5 nitrogen and oxygen atoms in total. The van der Waals surface area contributed by atoms with Crippen molar-refractivity contribution in [2.45, 2.75) is 86.0 Å². The summed E-state index contributed by atoms with van der Waals surface area (Å²) in [5, 5.41) is 11.2. The van der Waals surface area contributed by atoms with Crippen molar-refractivity contribution in [2.75, 3.05) is 26.4 Å². The molecule has 0 aromatic heterocycles. The number of hydrogen-bond acceptors (Lipinski definition) is 4. The van der Waals surface area contributed by atoms with Gasteiger partial charge in [-0.15, -0.1) is 0 Å². The average molecular weight is 488 g/mol. The van der Waals surface area contributed by atoms with Gasteiger partial charge in [0.05, 0.1) is 19.6 Å². The summed E-state index contributed by atoms with van der Waals surface area (Å²) >= 11 is 0. The molecular formula is C30H49NO4. The second kappa shape index (κ2) is 14.3. The van der Waals surface area contributed by atoms with Crippen LogP contribution < -0.4 is 4.74 Å². The summed E-state index contributed by atoms with van der Waals surface area (Å²) in [4.78, 5) is 12.8. The Labute approximate surface area is 214 Å². The van der Waals surface area contributed by atoms with Crippen LogP contribution in [-0.4, -0.2) is 42.1 Å². The van der Waals surface area contributed by atoms with E-state index in [0.29, 0.717) is 15.8 Å². The molecule has 0 bridgehead atoms. The van der Waals surface area contributed by atoms with Gasteiger partial charge < -0.3 is 22.0 Å². The molecule has 0 amide bonds. The van der Waals surface area contributed by atoms with Crippen molar-refractivity contribution in [3.05, 3.63) is 54.5 Å². The van der Waals surface area contributed by atoms with Crippen LogP contribution in [0, 0.1) is 13.3 Å². The SMILES string of the molecule is C=C(C)C1CCC(C)=CC1c1c(O)cc(CCCCC)cc1OC(=O)OC[N+](CC)(CC)CC.[CH3-]. The van der Waals surface area contributed by atoms with Gasteiger partial charge in [-0.2, -0.15) is 0 Å². The molecule has 1 aliphatic rings. The van der Waals surface area contributed by atoms with Crippen molar-refractivity contribution in [2.24, 2.45) is 5.92 Å². The molecule has 1 aromatic rings. The summed E-state index contributed by atoms with van der Waals surface area (Å²) in [6.07, 6.45) is 7.55. The maximum Gasteiger partial charge on any atom is 0.518 e. The third kappa shape index (κ3) is 8.13. The maximum atomic E-state index is 12.8. The van der Waals surface area contributed by atoms with Crippen molar-refractivity contribution >= 4 is 6.16 Å². The summed E-state index contributed by atoms with van der Waals surface area (Å²) in [6.45, 7) is 19.8. The lowest BCUT2D eigenvalue weighted by Gasteiger charge is -2.34. The van der Waals surface area contributed by atoms with Crippen molar-refractivity contribution < 1.29 is 23.9 Å². The first-order valence-corrected chi connectivity index (χ1v) is 13.1. The molecule has 35 heavy (non-hydrogen) atoms. The number of aryl methyl sites for hydroxylation is 1. The molecule has 2 atom stereocenters. The van der Waals surface area contributed by atoms with Crippen molar-refractivity contribution in [3.63, 3.8) is 0 Å². The highest BCUT2D eigenvalue weighted by atomic mass is 16.7. The highest BCUT2D eigenvalue weighted by molar-refractivity contribution is 5.66. The number of carbonyl (C=O) groups is 1. The number of carbonyl (C=O) groups excluding carboxylic acids is 1. The molecule has 1 aromatic carbocycles. The molecule has 0 radical (unpaired) electrons. The Hall–Kier alpha value is -2.27. The number of aromatic hydroxyl groups is 1. The van der Waals surface area contributed by atoms with E-state index in [-0.39, 0.29) is 31.7 Å². The summed E-state index contributed by atoms with van der Waals surface area (Å²) in [5.41, 5.74) is 3.98. The van der Waals surface area contributed by atoms with Crippen LogP contribution in [0.15, 0.2) is 35.9 Å². The zero-order valence-corrected chi connectivity index (χ0v) is 23.3. The number of phenolic OH excluding ortho intramolecular Hbond substituents is 1. The molecule has 0 aliphatic heterocycles. The molecule has 198 valence electrons. The monoisotopic (exact) mass is 487 g/mol. The molecular weight excluding hydrogens is 438 g/mol. The minimum absolute atomic E-state index is 0. The number of phenols is 1. The number of ether oxygens (including phenoxy) is 2. The molecule has 2 unspecified atom stereocenters. The number of benzene rings is 1. The van der Waals surface area contributed by atoms with Gasteiger partial charge in [0.2, 0.25) is 6.73 Å². The Morgan fingerprint density at radius 2 is 1.80 bits per heavy atom. The summed E-state index contributed by atoms with van der Waals surface area (Å²) < 4.78 is 12.1. The van der Waals surface area contributed by atoms with Gasteiger partial charge in [0.1, 0.15) is 11.5 Å². The van der Waals surface area contributed by atoms with Crippen molar-refractivity contribution in [1.82, 2.24) is 0 Å². The molecule has 1 aliphatic carbocycles. The first-order valence-electron chi connectivity index (χ1n) is 13.1. The second-order valence-electron chi connectivity index (χ2n) is 9.93. The normalized spacial score (nSPS) is 17.8. The second-order valence-corrected chi connectivity index (χ2v) is 9.93. The van der Waals surface area contributed by atoms with E-state index >= 15 is 0 Å². The molecule has 0 spiro atoms. The fraction of sp³-hybridized carbons (Fsp3) is 0.600. The third-order valence-corrected chi connectivity index (χ3v) is 7.62. The van der Waals surface area contributed by atoms with Gasteiger partial charge in [-0.1, -0.05) is 43.6 Å². The fourth-order valence-electron chi connectivity index (χ4n) is 4.97. The minimum atomic E-state index is -0.715. The predicted octanol–water partition coefficient (Wildman–Crippen LogP) is 7.94. The van der Waals surface area contributed by atoms with Crippen LogP contribution in [0.25, 0.3) is 0 Å². The van der Waals surface area contributed by atoms with E-state index in [1.807, 2.05) is 19.1 Å². The molecule has 0 heterocycles. The lowest BCUT2D eigenvalue weighted by molar-refractivity contribution is -0.939. The van der Waals surface area contributed by atoms with Crippen LogP contribution >= 0.6 is 0 Å². The predicted molar refractivity (Wildman–Crippen MR) is 146 cm³/mol. The van der Waals surface area contributed by atoms with E-state index < -0.39 is 6.16 Å². The van der Waals surface area contributed by atoms with Crippen LogP contribution in [0.3, 0.4) is 0 Å². The average Bonchev–Trinajstić information content (AvgIpc) is 2.80. The minimum Gasteiger partial charge on any atom is -0.507 e. The van der Waals surface area contributed by atoms with E-state index in [1.54, 1.807) is 0 Å². The first kappa shape index (κ1) is 30.8. The number of quaternary nitrogens is 1. The number of allylic oxidation sites excluding steroid dienone is 3. The molecule has 0 fully saturated rings. The van der Waals surface area contributed by atoms with Crippen LogP contribution in [0.5, 0.6) is 11.5 Å². The Bertz CT molecular complexity index is 861. The van der Waals surface area contributed by atoms with Gasteiger partial charge in [-0.25, -0.2) is 4.79 Å². The Balaban J connectivity index is 0.00000612. The lowest BCUT2D eigenvalue weighted by atomic mass is 9.73. The van der Waals surface area contributed by atoms with E-state index in [9.17, 15) is 9.90 Å². The van der Waals surface area contributed by atoms with Crippen molar-refractivity contribution in [1.29, 1.82) is 0 Å². The van der Waals surface area contributed by atoms with E-state index in [1.165, 1.54) is 5.57 Å². The Kier molecular flexibility index (Phi) is 12.6. The van der Waals surface area contributed by atoms with Gasteiger partial charge in [0.15, 0.2) is 0 Å². The Morgan fingerprint density at radius 1 is 1.14 bits per heavy atom. The number of nitrogens with zero attached hydrogens (tertiary/aromatic N) is 1. The summed E-state index contributed by atoms with van der Waals surface area (Å²) in [7, 11) is 0. The zero-order chi connectivity index (χ0) is 25.3. The van der Waals surface area contributed by atoms with E-state index in [4.69, 9.17) is 9.47 Å². The topological polar surface area (TPSA) is 55.8 Å². The molecule has 0 saturated carbocycles. The number of rotatable bonds is 12. The first-order chi connectivity index (χ1) is 16.2. The van der Waals surface area contributed by atoms with Gasteiger partial charge in [0.25, 0.3) is 0 Å². The van der Waals surface area contributed by atoms with Crippen LogP contribution in [-0.2, 0) is 11.2 Å². The van der Waals surface area contributed by atoms with Crippen LogP contribution in [0.2, 0.25) is 0 Å². The van der Waals surface area contributed by atoms with E-state index in [2.05, 4.69) is 47.3 Å². The smallest absolute Gasteiger partial charge is 0.507 e. The van der Waals surface area contributed by atoms with Gasteiger partial charge in [0, 0.05) is 11.5 Å². The summed E-state index contributed by atoms with van der Waals surface area (Å²) in [6, 6.07) is 3.75. The third-order valence-electron chi connectivity index (χ3n) is 7.62. The highest BCUT2D eigenvalue weighted by Gasteiger charge is 2.32. The van der Waals surface area contributed by atoms with Crippen LogP contribution in [0.4, 0.5) is 4.79 Å². The van der Waals surface area contributed by atoms with Gasteiger partial charge in [-0.05, 0) is 83.9 Å². The highest BCUT2D eigenvalue weighted by Crippen LogP contribution is 2.47. The molecule has 5 heteroatoms. The molecule has 1 N–H and O–H groups in total. The standard InChI is InChI=1S/C29H45NO4.CH3/c1-8-12-13-14-23-18-26(31)28(25-17-22(7)15-16-24(25)21(5)6)27(19-23)34-29(32)33-20-30(9-2,10-3)11-4;/h17-19,24-25H,5,8-16,20H2,1-4,6-7H3;1H3/q;-1/p+1. The zero-order valence-electron chi connectivity index (χ0n) is 23.3. The molecule has 2 rings (SSSR count). The number of hydrogen-bond donors (Lipinski definition) is 1. The van der Waals surface area contributed by atoms with Gasteiger partial charge >= 0.3 is 6.16 Å². The maximum absolute atomic E-state index is 12.8. The van der Waals surface area contributed by atoms with Crippen molar-refractivity contribution in [3.8, 4) is 11.5 Å². The quantitative estimate of drug-likeness (QED) is 0.0618. The molecule has 0 saturated heterocycles. The number of unbranched alkanes of at least 4 members (excludes halogenated alkanes) is 2. The fourth-order valence-corrected chi connectivity index (χ4v) is 4.97. The Morgan fingerprint density at radius 3 is 2.37 bits per heavy atom. The van der Waals surface area contributed by atoms with E-state index in [0.717, 1.165) is 69.3 Å². The van der Waals surface area contributed by atoms with Gasteiger partial charge in [-0.3, -0.25) is 4.48 Å². The largest absolute Gasteiger partial charge is 0.518 e. The summed E-state index contributed by atoms with van der Waals surface area (Å²) in [5.74, 6) is 0.681.